The van der Waals surface area contributed by atoms with E-state index in [-0.39, 0.29) is 11.7 Å². The second-order valence-electron chi connectivity index (χ2n) is 3.35. The van der Waals surface area contributed by atoms with Gasteiger partial charge in [0.2, 0.25) is 0 Å². The highest BCUT2D eigenvalue weighted by Gasteiger charge is 2.05. The lowest BCUT2D eigenvalue weighted by Crippen LogP contribution is -2.31. The normalized spacial score (nSPS) is 9.79. The Morgan fingerprint density at radius 2 is 2.16 bits per heavy atom. The number of anilines is 1. The Morgan fingerprint density at radius 3 is 2.84 bits per heavy atom. The summed E-state index contributed by atoms with van der Waals surface area (Å²) in [5.41, 5.74) is 3.36. The Kier molecular flexibility index (Phi) is 7.24. The molecule has 1 rings (SSSR count). The van der Waals surface area contributed by atoms with Gasteiger partial charge in [-0.3, -0.25) is 4.84 Å². The van der Waals surface area contributed by atoms with Crippen LogP contribution in [0.3, 0.4) is 0 Å². The van der Waals surface area contributed by atoms with Crippen molar-refractivity contribution >= 4 is 40.7 Å². The molecule has 0 aromatic heterocycles. The van der Waals surface area contributed by atoms with Crippen molar-refractivity contribution in [2.75, 3.05) is 24.8 Å². The van der Waals surface area contributed by atoms with Crippen molar-refractivity contribution in [1.29, 1.82) is 0 Å². The third-order valence-corrected chi connectivity index (χ3v) is 3.00. The number of esters is 1. The van der Waals surface area contributed by atoms with Crippen LogP contribution in [0.15, 0.2) is 29.2 Å². The molecule has 1 aromatic rings. The maximum absolute atomic E-state index is 11.0. The minimum absolute atomic E-state index is 0.195. The SMILES string of the molecule is CCOC(=O)CONC(=S)Nc1ccccc1SC. The Hall–Kier alpha value is -1.31. The number of hydroxylamine groups is 1. The number of benzene rings is 1. The van der Waals surface area contributed by atoms with Crippen molar-refractivity contribution in [1.82, 2.24) is 5.48 Å². The van der Waals surface area contributed by atoms with Gasteiger partial charge < -0.3 is 10.1 Å². The monoisotopic (exact) mass is 300 g/mol. The summed E-state index contributed by atoms with van der Waals surface area (Å²) < 4.78 is 4.71. The molecule has 0 saturated carbocycles. The van der Waals surface area contributed by atoms with E-state index < -0.39 is 5.97 Å². The predicted octanol–water partition coefficient (Wildman–Crippen LogP) is 2.19. The van der Waals surface area contributed by atoms with E-state index in [2.05, 4.69) is 10.8 Å². The molecule has 0 radical (unpaired) electrons. The largest absolute Gasteiger partial charge is 0.464 e. The predicted molar refractivity (Wildman–Crippen MR) is 80.2 cm³/mol. The molecule has 104 valence electrons. The number of nitrogens with one attached hydrogen (secondary N) is 2. The quantitative estimate of drug-likeness (QED) is 0.361. The van der Waals surface area contributed by atoms with Gasteiger partial charge in [-0.15, -0.1) is 11.8 Å². The second kappa shape index (κ2) is 8.73. The van der Waals surface area contributed by atoms with E-state index in [9.17, 15) is 4.79 Å². The van der Waals surface area contributed by atoms with Gasteiger partial charge in [0.1, 0.15) is 0 Å². The van der Waals surface area contributed by atoms with Crippen molar-refractivity contribution < 1.29 is 14.4 Å². The maximum atomic E-state index is 11.0. The highest BCUT2D eigenvalue weighted by Crippen LogP contribution is 2.24. The van der Waals surface area contributed by atoms with Gasteiger partial charge in [0, 0.05) is 4.90 Å². The molecule has 0 bridgehead atoms. The minimum atomic E-state index is -0.442. The number of hydrogen-bond acceptors (Lipinski definition) is 5. The summed E-state index contributed by atoms with van der Waals surface area (Å²) in [7, 11) is 0. The zero-order valence-electron chi connectivity index (χ0n) is 10.8. The molecule has 1 aromatic carbocycles. The molecule has 0 aliphatic carbocycles. The Balaban J connectivity index is 2.37. The van der Waals surface area contributed by atoms with Crippen LogP contribution in [0.2, 0.25) is 0 Å². The number of ether oxygens (including phenoxy) is 1. The first-order chi connectivity index (χ1) is 9.17. The molecule has 7 heteroatoms. The van der Waals surface area contributed by atoms with E-state index in [1.807, 2.05) is 30.5 Å². The second-order valence-corrected chi connectivity index (χ2v) is 4.61. The van der Waals surface area contributed by atoms with Crippen molar-refractivity contribution in [2.45, 2.75) is 11.8 Å². The van der Waals surface area contributed by atoms with Gasteiger partial charge in [0.25, 0.3) is 0 Å². The molecule has 0 fully saturated rings. The lowest BCUT2D eigenvalue weighted by Gasteiger charge is -2.12. The number of para-hydroxylation sites is 1. The first kappa shape index (κ1) is 15.7. The molecule has 0 aliphatic rings. The topological polar surface area (TPSA) is 59.6 Å². The number of thioether (sulfide) groups is 1. The summed E-state index contributed by atoms with van der Waals surface area (Å²) in [6, 6.07) is 7.75. The summed E-state index contributed by atoms with van der Waals surface area (Å²) in [4.78, 5) is 17.0. The number of rotatable bonds is 6. The van der Waals surface area contributed by atoms with Crippen LogP contribution in [-0.4, -0.2) is 30.6 Å². The number of hydrogen-bond donors (Lipinski definition) is 2. The summed E-state index contributed by atoms with van der Waals surface area (Å²) >= 11 is 6.66. The van der Waals surface area contributed by atoms with Crippen LogP contribution in [0.25, 0.3) is 0 Å². The third kappa shape index (κ3) is 5.91. The maximum Gasteiger partial charge on any atom is 0.334 e. The third-order valence-electron chi connectivity index (χ3n) is 2.02. The van der Waals surface area contributed by atoms with Crippen LogP contribution < -0.4 is 10.8 Å². The molecule has 0 atom stereocenters. The van der Waals surface area contributed by atoms with Crippen LogP contribution in [0.5, 0.6) is 0 Å². The highest BCUT2D eigenvalue weighted by molar-refractivity contribution is 7.98. The summed E-state index contributed by atoms with van der Waals surface area (Å²) in [5.74, 6) is -0.442. The number of carbonyl (C=O) groups is 1. The average Bonchev–Trinajstić information content (AvgIpc) is 2.39. The minimum Gasteiger partial charge on any atom is -0.464 e. The van der Waals surface area contributed by atoms with Gasteiger partial charge in [-0.05, 0) is 37.5 Å². The van der Waals surface area contributed by atoms with E-state index >= 15 is 0 Å². The molecule has 2 N–H and O–H groups in total. The Bertz CT molecular complexity index is 441. The zero-order valence-corrected chi connectivity index (χ0v) is 12.4. The van der Waals surface area contributed by atoms with E-state index in [4.69, 9.17) is 21.8 Å². The smallest absolute Gasteiger partial charge is 0.334 e. The van der Waals surface area contributed by atoms with E-state index in [0.29, 0.717) is 6.61 Å². The van der Waals surface area contributed by atoms with Crippen molar-refractivity contribution in [2.24, 2.45) is 0 Å². The van der Waals surface area contributed by atoms with E-state index in [0.717, 1.165) is 10.6 Å². The molecule has 0 saturated heterocycles. The molecule has 0 heterocycles. The summed E-state index contributed by atoms with van der Waals surface area (Å²) in [6.45, 7) is 1.86. The molecule has 0 amide bonds. The fourth-order valence-corrected chi connectivity index (χ4v) is 1.98. The lowest BCUT2D eigenvalue weighted by molar-refractivity contribution is -0.149. The fraction of sp³-hybridized carbons (Fsp3) is 0.333. The van der Waals surface area contributed by atoms with Crippen molar-refractivity contribution in [3.63, 3.8) is 0 Å². The van der Waals surface area contributed by atoms with Gasteiger partial charge >= 0.3 is 5.97 Å². The van der Waals surface area contributed by atoms with Crippen LogP contribution >= 0.6 is 24.0 Å². The molecule has 0 unspecified atom stereocenters. The lowest BCUT2D eigenvalue weighted by atomic mass is 10.3. The van der Waals surface area contributed by atoms with Crippen LogP contribution in [0.4, 0.5) is 5.69 Å². The molecule has 19 heavy (non-hydrogen) atoms. The van der Waals surface area contributed by atoms with Crippen LogP contribution in [0, 0.1) is 0 Å². The summed E-state index contributed by atoms with van der Waals surface area (Å²) in [6.07, 6.45) is 1.98. The number of thiocarbonyl (C=S) groups is 1. The van der Waals surface area contributed by atoms with Gasteiger partial charge in [0.05, 0.1) is 12.3 Å². The van der Waals surface area contributed by atoms with E-state index in [1.165, 1.54) is 0 Å². The zero-order chi connectivity index (χ0) is 14.1. The Labute approximate surface area is 122 Å². The van der Waals surface area contributed by atoms with Gasteiger partial charge in [0.15, 0.2) is 11.7 Å². The average molecular weight is 300 g/mol. The number of carbonyl (C=O) groups excluding carboxylic acids is 1. The fourth-order valence-electron chi connectivity index (χ4n) is 1.26. The Morgan fingerprint density at radius 1 is 1.42 bits per heavy atom. The van der Waals surface area contributed by atoms with Crippen LogP contribution in [0.1, 0.15) is 6.92 Å². The van der Waals surface area contributed by atoms with Crippen molar-refractivity contribution in [3.05, 3.63) is 24.3 Å². The van der Waals surface area contributed by atoms with Gasteiger partial charge in [-0.25, -0.2) is 10.3 Å². The van der Waals surface area contributed by atoms with E-state index in [1.54, 1.807) is 18.7 Å². The first-order valence-corrected chi connectivity index (χ1v) is 7.28. The molecular formula is C12H16N2O3S2. The molecule has 5 nitrogen and oxygen atoms in total. The highest BCUT2D eigenvalue weighted by atomic mass is 32.2. The van der Waals surface area contributed by atoms with Gasteiger partial charge in [-0.1, -0.05) is 12.1 Å². The summed E-state index contributed by atoms with van der Waals surface area (Å²) in [5, 5.41) is 3.27. The molecule has 0 aliphatic heterocycles. The first-order valence-electron chi connectivity index (χ1n) is 5.64. The molecular weight excluding hydrogens is 284 g/mol. The van der Waals surface area contributed by atoms with Crippen LogP contribution in [-0.2, 0) is 14.4 Å². The molecule has 0 spiro atoms. The van der Waals surface area contributed by atoms with Crippen molar-refractivity contribution in [3.8, 4) is 0 Å². The standard InChI is InChI=1S/C12H16N2O3S2/c1-3-16-11(15)8-17-14-12(18)13-9-6-4-5-7-10(9)19-2/h4-7H,3,8H2,1-2H3,(H2,13,14,18). The van der Waals surface area contributed by atoms with Gasteiger partial charge in [-0.2, -0.15) is 0 Å².